The van der Waals surface area contributed by atoms with Crippen molar-refractivity contribution < 1.29 is 0 Å². The Morgan fingerprint density at radius 1 is 0.952 bits per heavy atom. The van der Waals surface area contributed by atoms with Crippen LogP contribution in [0.5, 0.6) is 0 Å². The van der Waals surface area contributed by atoms with Crippen LogP contribution in [0.3, 0.4) is 0 Å². The summed E-state index contributed by atoms with van der Waals surface area (Å²) in [6.45, 7) is 0. The van der Waals surface area contributed by atoms with Crippen LogP contribution >= 0.6 is 27.5 Å². The Morgan fingerprint density at radius 3 is 2.33 bits per heavy atom. The summed E-state index contributed by atoms with van der Waals surface area (Å²) in [5, 5.41) is 3.38. The van der Waals surface area contributed by atoms with Crippen LogP contribution in [0.25, 0.3) is 10.8 Å². The fraction of sp³-hybridized carbons (Fsp3) is 0.474. The third kappa shape index (κ3) is 1.74. The number of alkyl halides is 1. The standard InChI is InChI=1S/C19H18BrCl/c20-19(18-16-10-5-6-11(9-10)17(16)18)14-7-8-15(21)13-4-2-1-3-12(13)14/h1-4,7-8,10-11,16-19H,5-6,9H2. The zero-order chi connectivity index (χ0) is 14.1. The van der Waals surface area contributed by atoms with Crippen LogP contribution in [0.15, 0.2) is 36.4 Å². The smallest absolute Gasteiger partial charge is 0.0484 e. The van der Waals surface area contributed by atoms with Crippen LogP contribution in [-0.2, 0) is 0 Å². The first-order valence-corrected chi connectivity index (χ1v) is 9.36. The Labute approximate surface area is 139 Å². The van der Waals surface area contributed by atoms with Gasteiger partial charge in [-0.2, -0.15) is 0 Å². The predicted molar refractivity (Wildman–Crippen MR) is 91.9 cm³/mol. The minimum Gasteiger partial charge on any atom is -0.0837 e. The maximum absolute atomic E-state index is 6.37. The summed E-state index contributed by atoms with van der Waals surface area (Å²) in [6.07, 6.45) is 4.50. The van der Waals surface area contributed by atoms with E-state index in [0.717, 1.165) is 34.6 Å². The molecule has 5 rings (SSSR count). The van der Waals surface area contributed by atoms with Crippen LogP contribution in [0.4, 0.5) is 0 Å². The molecule has 21 heavy (non-hydrogen) atoms. The summed E-state index contributed by atoms with van der Waals surface area (Å²) in [6, 6.07) is 12.9. The molecule has 108 valence electrons. The van der Waals surface area contributed by atoms with E-state index in [0.29, 0.717) is 4.83 Å². The molecular formula is C19H18BrCl. The average Bonchev–Trinajstić information content (AvgIpc) is 2.95. The van der Waals surface area contributed by atoms with Gasteiger partial charge in [-0.05, 0) is 65.9 Å². The molecule has 5 unspecified atom stereocenters. The summed E-state index contributed by atoms with van der Waals surface area (Å²) >= 11 is 10.4. The Kier molecular flexibility index (Phi) is 2.77. The molecule has 0 aromatic heterocycles. The molecule has 0 spiro atoms. The average molecular weight is 362 g/mol. The highest BCUT2D eigenvalue weighted by molar-refractivity contribution is 9.09. The van der Waals surface area contributed by atoms with Crippen LogP contribution in [0.1, 0.15) is 29.7 Å². The van der Waals surface area contributed by atoms with Crippen molar-refractivity contribution in [2.75, 3.05) is 0 Å². The fourth-order valence-electron chi connectivity index (χ4n) is 5.52. The van der Waals surface area contributed by atoms with Crippen molar-refractivity contribution in [1.29, 1.82) is 0 Å². The largest absolute Gasteiger partial charge is 0.0837 e. The molecule has 0 aliphatic heterocycles. The normalized spacial score (nSPS) is 37.7. The Balaban J connectivity index is 1.55. The maximum atomic E-state index is 6.37. The van der Waals surface area contributed by atoms with Gasteiger partial charge < -0.3 is 0 Å². The summed E-state index contributed by atoms with van der Waals surface area (Å²) in [5.74, 6) is 4.93. The van der Waals surface area contributed by atoms with Crippen molar-refractivity contribution in [2.24, 2.45) is 29.6 Å². The van der Waals surface area contributed by atoms with E-state index >= 15 is 0 Å². The Hall–Kier alpha value is -0.530. The van der Waals surface area contributed by atoms with E-state index in [1.165, 1.54) is 35.6 Å². The van der Waals surface area contributed by atoms with Crippen LogP contribution < -0.4 is 0 Å². The Morgan fingerprint density at radius 2 is 1.62 bits per heavy atom. The molecule has 0 heterocycles. The summed E-state index contributed by atoms with van der Waals surface area (Å²) in [5.41, 5.74) is 1.44. The highest BCUT2D eigenvalue weighted by Crippen LogP contribution is 2.73. The van der Waals surface area contributed by atoms with Gasteiger partial charge in [0.05, 0.1) is 0 Å². The van der Waals surface area contributed by atoms with Crippen molar-refractivity contribution in [2.45, 2.75) is 24.1 Å². The van der Waals surface area contributed by atoms with Gasteiger partial charge in [0.2, 0.25) is 0 Å². The second kappa shape index (κ2) is 4.49. The van der Waals surface area contributed by atoms with E-state index in [2.05, 4.69) is 52.3 Å². The van der Waals surface area contributed by atoms with Crippen LogP contribution in [0.2, 0.25) is 5.02 Å². The third-order valence-electron chi connectivity index (χ3n) is 6.33. The van der Waals surface area contributed by atoms with Crippen molar-refractivity contribution in [3.05, 3.63) is 47.0 Å². The molecule has 3 fully saturated rings. The number of fused-ring (bicyclic) bond motifs is 6. The molecule has 0 saturated heterocycles. The molecule has 2 aromatic carbocycles. The highest BCUT2D eigenvalue weighted by Gasteiger charge is 2.66. The minimum atomic E-state index is 0.498. The topological polar surface area (TPSA) is 0 Å². The molecule has 3 saturated carbocycles. The van der Waals surface area contributed by atoms with Gasteiger partial charge in [0.15, 0.2) is 0 Å². The lowest BCUT2D eigenvalue weighted by molar-refractivity contribution is 0.456. The highest BCUT2D eigenvalue weighted by atomic mass is 79.9. The first-order chi connectivity index (χ1) is 10.3. The second-order valence-electron chi connectivity index (χ2n) is 7.15. The van der Waals surface area contributed by atoms with E-state index in [4.69, 9.17) is 11.6 Å². The van der Waals surface area contributed by atoms with Gasteiger partial charge in [-0.25, -0.2) is 0 Å². The molecule has 0 radical (unpaired) electrons. The molecule has 3 aliphatic rings. The van der Waals surface area contributed by atoms with Crippen LogP contribution in [-0.4, -0.2) is 0 Å². The second-order valence-corrected chi connectivity index (χ2v) is 8.54. The van der Waals surface area contributed by atoms with Crippen molar-refractivity contribution in [3.8, 4) is 0 Å². The molecule has 0 N–H and O–H groups in total. The molecule has 0 amide bonds. The summed E-state index contributed by atoms with van der Waals surface area (Å²) in [7, 11) is 0. The molecule has 0 nitrogen and oxygen atoms in total. The summed E-state index contributed by atoms with van der Waals surface area (Å²) in [4.78, 5) is 0.498. The molecular weight excluding hydrogens is 344 g/mol. The van der Waals surface area contributed by atoms with E-state index < -0.39 is 0 Å². The minimum absolute atomic E-state index is 0.498. The van der Waals surface area contributed by atoms with Gasteiger partial charge in [-0.1, -0.05) is 57.9 Å². The molecule has 2 heteroatoms. The van der Waals surface area contributed by atoms with E-state index in [9.17, 15) is 0 Å². The lowest BCUT2D eigenvalue weighted by Crippen LogP contribution is -2.04. The maximum Gasteiger partial charge on any atom is 0.0484 e. The molecule has 2 aromatic rings. The summed E-state index contributed by atoms with van der Waals surface area (Å²) < 4.78 is 0. The number of hydrogen-bond acceptors (Lipinski definition) is 0. The molecule has 2 bridgehead atoms. The zero-order valence-electron chi connectivity index (χ0n) is 11.8. The van der Waals surface area contributed by atoms with Crippen molar-refractivity contribution in [1.82, 2.24) is 0 Å². The number of halogens is 2. The van der Waals surface area contributed by atoms with Gasteiger partial charge in [0.25, 0.3) is 0 Å². The monoisotopic (exact) mass is 360 g/mol. The van der Waals surface area contributed by atoms with E-state index in [1.54, 1.807) is 0 Å². The molecule has 3 aliphatic carbocycles. The van der Waals surface area contributed by atoms with Crippen molar-refractivity contribution >= 4 is 38.3 Å². The lowest BCUT2D eigenvalue weighted by atomic mass is 9.94. The van der Waals surface area contributed by atoms with Crippen LogP contribution in [0, 0.1) is 29.6 Å². The molecule has 5 atom stereocenters. The fourth-order valence-corrected chi connectivity index (χ4v) is 6.85. The first-order valence-electron chi connectivity index (χ1n) is 8.07. The van der Waals surface area contributed by atoms with Gasteiger partial charge in [0, 0.05) is 15.2 Å². The quantitative estimate of drug-likeness (QED) is 0.557. The lowest BCUT2D eigenvalue weighted by Gasteiger charge is -2.17. The SMILES string of the molecule is Clc1ccc(C(Br)C2C3C4CCC(C4)C32)c2ccccc12. The van der Waals surface area contributed by atoms with Gasteiger partial charge >= 0.3 is 0 Å². The van der Waals surface area contributed by atoms with Gasteiger partial charge in [-0.15, -0.1) is 0 Å². The van der Waals surface area contributed by atoms with Crippen molar-refractivity contribution in [3.63, 3.8) is 0 Å². The number of benzene rings is 2. The van der Waals surface area contributed by atoms with E-state index in [1.807, 2.05) is 0 Å². The van der Waals surface area contributed by atoms with Gasteiger partial charge in [-0.3, -0.25) is 0 Å². The van der Waals surface area contributed by atoms with Gasteiger partial charge in [0.1, 0.15) is 0 Å². The Bertz CT molecular complexity index is 709. The number of hydrogen-bond donors (Lipinski definition) is 0. The number of rotatable bonds is 2. The third-order valence-corrected chi connectivity index (χ3v) is 7.77. The first kappa shape index (κ1) is 13.0. The predicted octanol–water partition coefficient (Wildman–Crippen LogP) is 6.22. The zero-order valence-corrected chi connectivity index (χ0v) is 14.1. The van der Waals surface area contributed by atoms with E-state index in [-0.39, 0.29) is 0 Å².